The minimum Gasteiger partial charge on any atom is -0.462 e. The van der Waals surface area contributed by atoms with Gasteiger partial charge in [0, 0.05) is 11.9 Å². The Morgan fingerprint density at radius 3 is 1.92 bits per heavy atom. The summed E-state index contributed by atoms with van der Waals surface area (Å²) < 4.78 is 9.77. The summed E-state index contributed by atoms with van der Waals surface area (Å²) in [5.74, 6) is -1.52. The molecule has 6 nitrogen and oxygen atoms in total. The second-order valence-corrected chi connectivity index (χ2v) is 5.66. The zero-order valence-corrected chi connectivity index (χ0v) is 16.5. The lowest BCUT2D eigenvalue weighted by molar-refractivity contribution is -0.146. The first-order valence-corrected chi connectivity index (χ1v) is 9.11. The first-order chi connectivity index (χ1) is 12.5. The summed E-state index contributed by atoms with van der Waals surface area (Å²) in [4.78, 5) is 23.9. The highest BCUT2D eigenvalue weighted by molar-refractivity contribution is 7.80. The second-order valence-electron chi connectivity index (χ2n) is 5.26. The number of thiocarbonyl (C=S) groups is 1. The van der Waals surface area contributed by atoms with Crippen molar-refractivity contribution in [3.63, 3.8) is 0 Å². The monoisotopic (exact) mass is 378 g/mol. The van der Waals surface area contributed by atoms with Gasteiger partial charge in [-0.05, 0) is 50.0 Å². The molecule has 0 aliphatic heterocycles. The van der Waals surface area contributed by atoms with Crippen LogP contribution in [0.25, 0.3) is 0 Å². The molecule has 1 rings (SSSR count). The van der Waals surface area contributed by atoms with E-state index in [-0.39, 0.29) is 23.9 Å². The van der Waals surface area contributed by atoms with Gasteiger partial charge in [0.2, 0.25) is 0 Å². The van der Waals surface area contributed by atoms with E-state index in [1.807, 2.05) is 18.2 Å². The van der Waals surface area contributed by atoms with Gasteiger partial charge < -0.3 is 20.1 Å². The lowest BCUT2D eigenvalue weighted by Crippen LogP contribution is -2.28. The van der Waals surface area contributed by atoms with Gasteiger partial charge in [0.15, 0.2) is 10.7 Å². The molecule has 0 aliphatic carbocycles. The maximum Gasteiger partial charge on any atom is 0.347 e. The molecule has 0 unspecified atom stereocenters. The highest BCUT2D eigenvalue weighted by atomic mass is 32.1. The van der Waals surface area contributed by atoms with Crippen LogP contribution >= 0.6 is 12.2 Å². The van der Waals surface area contributed by atoms with Crippen molar-refractivity contribution >= 4 is 35.0 Å². The Balaban J connectivity index is 2.95. The standard InChI is InChI=1S/C19H26N2O4S/c1-5-13-10-9-11-14(6-2)16(13)21-19(26)20-12-15(17(22)24-7-3)18(23)25-8-4/h9-12H,5-8H2,1-4H3,(H2,20,21,26). The van der Waals surface area contributed by atoms with E-state index in [2.05, 4.69) is 24.5 Å². The largest absolute Gasteiger partial charge is 0.462 e. The van der Waals surface area contributed by atoms with E-state index in [4.69, 9.17) is 21.7 Å². The SMILES string of the molecule is CCOC(=O)C(=CNC(=S)Nc1c(CC)cccc1CC)C(=O)OCC. The fraction of sp³-hybridized carbons (Fsp3) is 0.421. The van der Waals surface area contributed by atoms with Gasteiger partial charge in [0.25, 0.3) is 0 Å². The molecule has 0 saturated carbocycles. The second kappa shape index (κ2) is 11.3. The van der Waals surface area contributed by atoms with Crippen molar-refractivity contribution in [3.8, 4) is 0 Å². The molecule has 1 aromatic carbocycles. The molecule has 0 fully saturated rings. The third-order valence-electron chi connectivity index (χ3n) is 3.58. The van der Waals surface area contributed by atoms with Crippen LogP contribution in [-0.4, -0.2) is 30.3 Å². The molecule has 0 heterocycles. The summed E-state index contributed by atoms with van der Waals surface area (Å²) in [6.45, 7) is 7.76. The third-order valence-corrected chi connectivity index (χ3v) is 3.80. The van der Waals surface area contributed by atoms with Gasteiger partial charge >= 0.3 is 11.9 Å². The van der Waals surface area contributed by atoms with E-state index in [0.717, 1.165) is 29.7 Å². The molecule has 0 atom stereocenters. The van der Waals surface area contributed by atoms with Crippen LogP contribution in [-0.2, 0) is 31.9 Å². The van der Waals surface area contributed by atoms with Crippen molar-refractivity contribution in [2.24, 2.45) is 0 Å². The zero-order valence-electron chi connectivity index (χ0n) is 15.7. The predicted octanol–water partition coefficient (Wildman–Crippen LogP) is 3.11. The van der Waals surface area contributed by atoms with Gasteiger partial charge in [0.1, 0.15) is 0 Å². The molecule has 142 valence electrons. The van der Waals surface area contributed by atoms with Crippen molar-refractivity contribution in [2.45, 2.75) is 40.5 Å². The number of carbonyl (C=O) groups excluding carboxylic acids is 2. The Morgan fingerprint density at radius 1 is 1.00 bits per heavy atom. The highest BCUT2D eigenvalue weighted by Gasteiger charge is 2.21. The van der Waals surface area contributed by atoms with E-state index in [9.17, 15) is 9.59 Å². The summed E-state index contributed by atoms with van der Waals surface area (Å²) in [6.07, 6.45) is 2.92. The van der Waals surface area contributed by atoms with Crippen molar-refractivity contribution in [1.29, 1.82) is 0 Å². The normalized spacial score (nSPS) is 9.85. The van der Waals surface area contributed by atoms with Crippen LogP contribution < -0.4 is 10.6 Å². The average Bonchev–Trinajstić information content (AvgIpc) is 2.62. The van der Waals surface area contributed by atoms with Crippen LogP contribution in [0.3, 0.4) is 0 Å². The quantitative estimate of drug-likeness (QED) is 0.237. The van der Waals surface area contributed by atoms with Gasteiger partial charge in [-0.2, -0.15) is 0 Å². The molecule has 0 saturated heterocycles. The van der Waals surface area contributed by atoms with E-state index >= 15 is 0 Å². The molecular weight excluding hydrogens is 352 g/mol. The zero-order chi connectivity index (χ0) is 19.5. The molecule has 0 spiro atoms. The number of rotatable bonds is 8. The Hall–Kier alpha value is -2.41. The Kier molecular flexibility index (Phi) is 9.36. The highest BCUT2D eigenvalue weighted by Crippen LogP contribution is 2.22. The molecule has 0 radical (unpaired) electrons. The number of ether oxygens (including phenoxy) is 2. The van der Waals surface area contributed by atoms with Crippen LogP contribution in [0, 0.1) is 0 Å². The van der Waals surface area contributed by atoms with Crippen LogP contribution in [0.5, 0.6) is 0 Å². The van der Waals surface area contributed by atoms with Crippen molar-refractivity contribution in [3.05, 3.63) is 41.1 Å². The van der Waals surface area contributed by atoms with E-state index in [0.29, 0.717) is 0 Å². The molecule has 0 aromatic heterocycles. The Labute approximate surface area is 159 Å². The van der Waals surface area contributed by atoms with E-state index in [1.54, 1.807) is 13.8 Å². The van der Waals surface area contributed by atoms with Gasteiger partial charge in [-0.25, -0.2) is 9.59 Å². The summed E-state index contributed by atoms with van der Waals surface area (Å²) >= 11 is 5.30. The number of hydrogen-bond acceptors (Lipinski definition) is 5. The first-order valence-electron chi connectivity index (χ1n) is 8.70. The van der Waals surface area contributed by atoms with E-state index in [1.165, 1.54) is 6.20 Å². The van der Waals surface area contributed by atoms with Crippen LogP contribution in [0.2, 0.25) is 0 Å². The summed E-state index contributed by atoms with van der Waals surface area (Å²) in [5.41, 5.74) is 2.97. The molecule has 26 heavy (non-hydrogen) atoms. The van der Waals surface area contributed by atoms with Crippen LogP contribution in [0.1, 0.15) is 38.8 Å². The number of esters is 2. The van der Waals surface area contributed by atoms with Crippen LogP contribution in [0.15, 0.2) is 30.0 Å². The third kappa shape index (κ3) is 6.15. The topological polar surface area (TPSA) is 76.7 Å². The Morgan fingerprint density at radius 2 is 1.50 bits per heavy atom. The molecule has 0 amide bonds. The minimum atomic E-state index is -0.760. The molecule has 0 aliphatic rings. The predicted molar refractivity (Wildman–Crippen MR) is 106 cm³/mol. The molecular formula is C19H26N2O4S. The number of para-hydroxylation sites is 1. The maximum atomic E-state index is 11.9. The number of anilines is 1. The van der Waals surface area contributed by atoms with Crippen molar-refractivity contribution in [2.75, 3.05) is 18.5 Å². The molecule has 1 aromatic rings. The number of hydrogen-bond donors (Lipinski definition) is 2. The number of carbonyl (C=O) groups is 2. The van der Waals surface area contributed by atoms with Crippen molar-refractivity contribution < 1.29 is 19.1 Å². The molecule has 7 heteroatoms. The van der Waals surface area contributed by atoms with Crippen molar-refractivity contribution in [1.82, 2.24) is 5.32 Å². The number of aryl methyl sites for hydroxylation is 2. The van der Waals surface area contributed by atoms with Gasteiger partial charge in [0.05, 0.1) is 13.2 Å². The summed E-state index contributed by atoms with van der Waals surface area (Å²) in [7, 11) is 0. The first kappa shape index (κ1) is 21.6. The molecule has 2 N–H and O–H groups in total. The fourth-order valence-electron chi connectivity index (χ4n) is 2.31. The lowest BCUT2D eigenvalue weighted by atomic mass is 10.0. The summed E-state index contributed by atoms with van der Waals surface area (Å²) in [5, 5.41) is 6.19. The minimum absolute atomic E-state index is 0.155. The van der Waals surface area contributed by atoms with Gasteiger partial charge in [-0.15, -0.1) is 0 Å². The van der Waals surface area contributed by atoms with E-state index < -0.39 is 11.9 Å². The Bertz CT molecular complexity index is 644. The van der Waals surface area contributed by atoms with Gasteiger partial charge in [-0.3, -0.25) is 0 Å². The average molecular weight is 378 g/mol. The summed E-state index contributed by atoms with van der Waals surface area (Å²) in [6, 6.07) is 6.07. The smallest absolute Gasteiger partial charge is 0.347 e. The van der Waals surface area contributed by atoms with Crippen LogP contribution in [0.4, 0.5) is 5.69 Å². The fourth-order valence-corrected chi connectivity index (χ4v) is 2.47. The number of nitrogens with one attached hydrogen (secondary N) is 2. The molecule has 0 bridgehead atoms. The maximum absolute atomic E-state index is 11.9. The number of benzene rings is 1. The van der Waals surface area contributed by atoms with Gasteiger partial charge in [-0.1, -0.05) is 32.0 Å². The lowest BCUT2D eigenvalue weighted by Gasteiger charge is -2.16.